The lowest BCUT2D eigenvalue weighted by molar-refractivity contribution is 0.698. The molecule has 0 aliphatic carbocycles. The SMILES string of the molecule is CCCCN/C(N=C(N)N)=C(\C)N. The molecule has 0 unspecified atom stereocenters. The Labute approximate surface area is 79.1 Å². The first kappa shape index (κ1) is 11.6. The van der Waals surface area contributed by atoms with Crippen LogP contribution in [0.3, 0.4) is 0 Å². The molecule has 5 nitrogen and oxygen atoms in total. The topological polar surface area (TPSA) is 102 Å². The average molecular weight is 185 g/mol. The lowest BCUT2D eigenvalue weighted by Crippen LogP contribution is -2.26. The van der Waals surface area contributed by atoms with Gasteiger partial charge in [0.2, 0.25) is 0 Å². The van der Waals surface area contributed by atoms with Crippen LogP contribution < -0.4 is 22.5 Å². The predicted molar refractivity (Wildman–Crippen MR) is 55.6 cm³/mol. The number of aliphatic imine (C=N–C) groups is 1. The highest BCUT2D eigenvalue weighted by atomic mass is 15.1. The normalized spacial score (nSPS) is 11.8. The summed E-state index contributed by atoms with van der Waals surface area (Å²) in [5.74, 6) is 0.581. The largest absolute Gasteiger partial charge is 0.399 e. The van der Waals surface area contributed by atoms with Gasteiger partial charge in [-0.3, -0.25) is 0 Å². The standard InChI is InChI=1S/C8H19N5/c1-3-4-5-12-7(6(2)9)13-8(10)11/h12H,3-5,9H2,1-2H3,(H4,10,11,13)/b7-6-. The van der Waals surface area contributed by atoms with Crippen LogP contribution in [0.4, 0.5) is 0 Å². The molecule has 0 fully saturated rings. The van der Waals surface area contributed by atoms with E-state index in [1.807, 2.05) is 0 Å². The smallest absolute Gasteiger partial charge is 0.192 e. The van der Waals surface area contributed by atoms with Gasteiger partial charge < -0.3 is 22.5 Å². The molecule has 5 heteroatoms. The molecule has 0 heterocycles. The predicted octanol–water partition coefficient (Wildman–Crippen LogP) is -0.203. The Balaban J connectivity index is 4.15. The van der Waals surface area contributed by atoms with Crippen molar-refractivity contribution >= 4 is 5.96 Å². The summed E-state index contributed by atoms with van der Waals surface area (Å²) in [6.45, 7) is 4.69. The van der Waals surface area contributed by atoms with Crippen LogP contribution in [0.15, 0.2) is 16.5 Å². The van der Waals surface area contributed by atoms with Crippen molar-refractivity contribution in [3.8, 4) is 0 Å². The van der Waals surface area contributed by atoms with Crippen molar-refractivity contribution in [2.24, 2.45) is 22.2 Å². The van der Waals surface area contributed by atoms with E-state index >= 15 is 0 Å². The number of nitrogens with one attached hydrogen (secondary N) is 1. The number of hydrogen-bond donors (Lipinski definition) is 4. The minimum atomic E-state index is 0.0174. The van der Waals surface area contributed by atoms with Crippen molar-refractivity contribution in [2.75, 3.05) is 6.54 Å². The van der Waals surface area contributed by atoms with Crippen LogP contribution in [-0.4, -0.2) is 12.5 Å². The van der Waals surface area contributed by atoms with E-state index < -0.39 is 0 Å². The van der Waals surface area contributed by atoms with Crippen molar-refractivity contribution in [1.82, 2.24) is 5.32 Å². The molecular formula is C8H19N5. The van der Waals surface area contributed by atoms with Gasteiger partial charge in [-0.1, -0.05) is 13.3 Å². The average Bonchev–Trinajstić information content (AvgIpc) is 2.02. The number of nitrogens with two attached hydrogens (primary N) is 3. The molecule has 0 aliphatic rings. The van der Waals surface area contributed by atoms with Gasteiger partial charge in [0.1, 0.15) is 5.82 Å². The van der Waals surface area contributed by atoms with Gasteiger partial charge in [0.05, 0.1) is 0 Å². The number of allylic oxidation sites excluding steroid dienone is 1. The Hall–Kier alpha value is -1.39. The summed E-state index contributed by atoms with van der Waals surface area (Å²) in [6.07, 6.45) is 2.18. The lowest BCUT2D eigenvalue weighted by atomic mass is 10.3. The van der Waals surface area contributed by atoms with Gasteiger partial charge in [0.15, 0.2) is 5.96 Å². The summed E-state index contributed by atoms with van der Waals surface area (Å²) >= 11 is 0. The third-order valence-corrected chi connectivity index (χ3v) is 1.44. The molecule has 0 rings (SSSR count). The second-order valence-corrected chi connectivity index (χ2v) is 2.85. The van der Waals surface area contributed by atoms with E-state index in [0.29, 0.717) is 11.5 Å². The molecule has 0 aromatic carbocycles. The molecule has 13 heavy (non-hydrogen) atoms. The Morgan fingerprint density at radius 1 is 1.31 bits per heavy atom. The molecule has 0 bridgehead atoms. The maximum Gasteiger partial charge on any atom is 0.192 e. The van der Waals surface area contributed by atoms with E-state index in [0.717, 1.165) is 19.4 Å². The third-order valence-electron chi connectivity index (χ3n) is 1.44. The molecule has 0 aromatic heterocycles. The van der Waals surface area contributed by atoms with E-state index in [2.05, 4.69) is 17.2 Å². The van der Waals surface area contributed by atoms with Gasteiger partial charge in [-0.15, -0.1) is 0 Å². The van der Waals surface area contributed by atoms with Crippen molar-refractivity contribution in [3.63, 3.8) is 0 Å². The summed E-state index contributed by atoms with van der Waals surface area (Å²) in [7, 11) is 0. The molecule has 0 aromatic rings. The zero-order valence-electron chi connectivity index (χ0n) is 8.30. The summed E-state index contributed by atoms with van der Waals surface area (Å²) in [5.41, 5.74) is 16.6. The van der Waals surface area contributed by atoms with E-state index in [4.69, 9.17) is 17.2 Å². The maximum atomic E-state index is 5.57. The second kappa shape index (κ2) is 6.16. The molecule has 0 aliphatic heterocycles. The van der Waals surface area contributed by atoms with Crippen LogP contribution in [-0.2, 0) is 0 Å². The van der Waals surface area contributed by atoms with E-state index in [9.17, 15) is 0 Å². The molecule has 0 atom stereocenters. The third kappa shape index (κ3) is 5.84. The Bertz CT molecular complexity index is 199. The Morgan fingerprint density at radius 2 is 1.92 bits per heavy atom. The second-order valence-electron chi connectivity index (χ2n) is 2.85. The molecular weight excluding hydrogens is 166 g/mol. The van der Waals surface area contributed by atoms with Gasteiger partial charge in [-0.2, -0.15) is 4.99 Å². The minimum Gasteiger partial charge on any atom is -0.399 e. The van der Waals surface area contributed by atoms with E-state index in [1.54, 1.807) is 6.92 Å². The molecule has 7 N–H and O–H groups in total. The van der Waals surface area contributed by atoms with Gasteiger partial charge in [0.25, 0.3) is 0 Å². The molecule has 0 saturated carbocycles. The number of rotatable bonds is 5. The van der Waals surface area contributed by atoms with Crippen LogP contribution in [0.25, 0.3) is 0 Å². The van der Waals surface area contributed by atoms with Gasteiger partial charge >= 0.3 is 0 Å². The zero-order chi connectivity index (χ0) is 10.3. The fourth-order valence-corrected chi connectivity index (χ4v) is 0.780. The highest BCUT2D eigenvalue weighted by Crippen LogP contribution is 1.96. The van der Waals surface area contributed by atoms with Crippen molar-refractivity contribution < 1.29 is 0 Å². The van der Waals surface area contributed by atoms with E-state index in [-0.39, 0.29) is 5.96 Å². The quantitative estimate of drug-likeness (QED) is 0.270. The minimum absolute atomic E-state index is 0.0174. The number of hydrogen-bond acceptors (Lipinski definition) is 3. The van der Waals surface area contributed by atoms with Crippen molar-refractivity contribution in [1.29, 1.82) is 0 Å². The first-order chi connectivity index (χ1) is 6.07. The Kier molecular flexibility index (Phi) is 5.50. The number of guanidine groups is 1. The fraction of sp³-hybridized carbons (Fsp3) is 0.625. The molecule has 76 valence electrons. The van der Waals surface area contributed by atoms with Crippen LogP contribution in [0, 0.1) is 0 Å². The first-order valence-corrected chi connectivity index (χ1v) is 4.37. The van der Waals surface area contributed by atoms with Gasteiger partial charge in [-0.05, 0) is 13.3 Å². The fourth-order valence-electron chi connectivity index (χ4n) is 0.780. The van der Waals surface area contributed by atoms with Crippen LogP contribution in [0.1, 0.15) is 26.7 Å². The lowest BCUT2D eigenvalue weighted by Gasteiger charge is -2.07. The number of unbranched alkanes of at least 4 members (excludes halogenated alkanes) is 1. The van der Waals surface area contributed by atoms with Crippen molar-refractivity contribution in [2.45, 2.75) is 26.7 Å². The molecule has 0 amide bonds. The molecule has 0 saturated heterocycles. The molecule has 0 radical (unpaired) electrons. The van der Waals surface area contributed by atoms with Crippen LogP contribution >= 0.6 is 0 Å². The summed E-state index contributed by atoms with van der Waals surface area (Å²) in [4.78, 5) is 3.86. The highest BCUT2D eigenvalue weighted by molar-refractivity contribution is 5.76. The van der Waals surface area contributed by atoms with E-state index in [1.165, 1.54) is 0 Å². The van der Waals surface area contributed by atoms with Crippen molar-refractivity contribution in [3.05, 3.63) is 11.5 Å². The summed E-state index contributed by atoms with van der Waals surface area (Å²) < 4.78 is 0. The first-order valence-electron chi connectivity index (χ1n) is 4.37. The number of nitrogens with zero attached hydrogens (tertiary/aromatic N) is 1. The van der Waals surface area contributed by atoms with Crippen LogP contribution in [0.5, 0.6) is 0 Å². The van der Waals surface area contributed by atoms with Crippen LogP contribution in [0.2, 0.25) is 0 Å². The highest BCUT2D eigenvalue weighted by Gasteiger charge is 1.96. The summed E-state index contributed by atoms with van der Waals surface area (Å²) in [6, 6.07) is 0. The van der Waals surface area contributed by atoms with Gasteiger partial charge in [0, 0.05) is 12.2 Å². The Morgan fingerprint density at radius 3 is 2.31 bits per heavy atom. The maximum absolute atomic E-state index is 5.57. The molecule has 0 spiro atoms. The monoisotopic (exact) mass is 185 g/mol. The summed E-state index contributed by atoms with van der Waals surface area (Å²) in [5, 5.41) is 3.06. The van der Waals surface area contributed by atoms with Gasteiger partial charge in [-0.25, -0.2) is 0 Å². The zero-order valence-corrected chi connectivity index (χ0v) is 8.30.